The first-order chi connectivity index (χ1) is 9.72. The average Bonchev–Trinajstić information content (AvgIpc) is 2.93. The van der Waals surface area contributed by atoms with Crippen molar-refractivity contribution in [3.05, 3.63) is 16.1 Å². The molecule has 1 fully saturated rings. The van der Waals surface area contributed by atoms with Crippen LogP contribution in [0.1, 0.15) is 49.7 Å². The molecule has 0 spiro atoms. The zero-order chi connectivity index (χ0) is 14.4. The van der Waals surface area contributed by atoms with Gasteiger partial charge in [-0.3, -0.25) is 4.79 Å². The smallest absolute Gasteiger partial charge is 0.308 e. The largest absolute Gasteiger partial charge is 0.469 e. The highest BCUT2D eigenvalue weighted by Gasteiger charge is 2.27. The molecule has 20 heavy (non-hydrogen) atoms. The molecule has 112 valence electrons. The lowest BCUT2D eigenvalue weighted by Gasteiger charge is -2.26. The maximum Gasteiger partial charge on any atom is 0.308 e. The third kappa shape index (κ3) is 4.28. The third-order valence-electron chi connectivity index (χ3n) is 3.74. The predicted molar refractivity (Wildman–Crippen MR) is 78.7 cm³/mol. The van der Waals surface area contributed by atoms with Crippen molar-refractivity contribution in [1.82, 2.24) is 4.98 Å². The highest BCUT2D eigenvalue weighted by Crippen LogP contribution is 2.27. The van der Waals surface area contributed by atoms with Gasteiger partial charge in [-0.1, -0.05) is 6.92 Å². The monoisotopic (exact) mass is 297 g/mol. The lowest BCUT2D eigenvalue weighted by Crippen LogP contribution is -2.26. The van der Waals surface area contributed by atoms with E-state index in [-0.39, 0.29) is 18.0 Å². The van der Waals surface area contributed by atoms with Crippen LogP contribution in [0.4, 0.5) is 0 Å². The predicted octanol–water partition coefficient (Wildman–Crippen LogP) is 3.34. The van der Waals surface area contributed by atoms with Crippen molar-refractivity contribution in [3.63, 3.8) is 0 Å². The van der Waals surface area contributed by atoms with Crippen molar-refractivity contribution >= 4 is 17.3 Å². The quantitative estimate of drug-likeness (QED) is 0.756. The maximum absolute atomic E-state index is 11.4. The van der Waals surface area contributed by atoms with Crippen molar-refractivity contribution in [2.45, 2.75) is 58.2 Å². The molecule has 1 aromatic heterocycles. The van der Waals surface area contributed by atoms with E-state index >= 15 is 0 Å². The number of hydrogen-bond donors (Lipinski definition) is 0. The van der Waals surface area contributed by atoms with Gasteiger partial charge in [0.1, 0.15) is 0 Å². The molecule has 5 heteroatoms. The van der Waals surface area contributed by atoms with Crippen LogP contribution in [0.15, 0.2) is 5.38 Å². The van der Waals surface area contributed by atoms with Gasteiger partial charge >= 0.3 is 5.97 Å². The van der Waals surface area contributed by atoms with E-state index in [2.05, 4.69) is 17.3 Å². The number of aryl methyl sites for hydroxylation is 1. The Bertz CT molecular complexity index is 425. The standard InChI is InChI=1S/C15H23NO3S/c1-3-4-14-16-12(10-20-14)9-19-13-7-5-11(6-8-13)15(17)18-2/h10-11,13H,3-9H2,1-2H3. The number of rotatable bonds is 6. The topological polar surface area (TPSA) is 48.4 Å². The number of ether oxygens (including phenoxy) is 2. The number of nitrogens with zero attached hydrogens (tertiary/aromatic N) is 1. The van der Waals surface area contributed by atoms with E-state index in [4.69, 9.17) is 9.47 Å². The molecule has 1 aromatic rings. The van der Waals surface area contributed by atoms with Crippen LogP contribution >= 0.6 is 11.3 Å². The van der Waals surface area contributed by atoms with Gasteiger partial charge in [0.25, 0.3) is 0 Å². The van der Waals surface area contributed by atoms with Gasteiger partial charge in [0.2, 0.25) is 0 Å². The van der Waals surface area contributed by atoms with Gasteiger partial charge in [-0.05, 0) is 38.5 Å². The third-order valence-corrected chi connectivity index (χ3v) is 4.70. The SMILES string of the molecule is CCCc1nc(COC2CCC(C(=O)OC)CC2)cs1. The minimum absolute atomic E-state index is 0.0651. The van der Waals surface area contributed by atoms with E-state index in [0.29, 0.717) is 6.61 Å². The van der Waals surface area contributed by atoms with E-state index in [1.165, 1.54) is 12.1 Å². The van der Waals surface area contributed by atoms with Gasteiger partial charge < -0.3 is 9.47 Å². The number of methoxy groups -OCH3 is 1. The molecule has 0 aliphatic heterocycles. The Balaban J connectivity index is 1.71. The number of carbonyl (C=O) groups excluding carboxylic acids is 1. The Morgan fingerprint density at radius 3 is 2.80 bits per heavy atom. The van der Waals surface area contributed by atoms with E-state index < -0.39 is 0 Å². The first-order valence-electron chi connectivity index (χ1n) is 7.35. The fourth-order valence-electron chi connectivity index (χ4n) is 2.58. The van der Waals surface area contributed by atoms with Crippen LogP contribution in [0.3, 0.4) is 0 Å². The number of thiazole rings is 1. The summed E-state index contributed by atoms with van der Waals surface area (Å²) in [4.78, 5) is 16.0. The second-order valence-electron chi connectivity index (χ2n) is 5.29. The summed E-state index contributed by atoms with van der Waals surface area (Å²) in [6, 6.07) is 0. The lowest BCUT2D eigenvalue weighted by atomic mass is 9.87. The van der Waals surface area contributed by atoms with Crippen LogP contribution in [0.2, 0.25) is 0 Å². The molecular formula is C15H23NO3S. The van der Waals surface area contributed by atoms with Crippen LogP contribution in [0.25, 0.3) is 0 Å². The molecule has 0 atom stereocenters. The molecule has 0 N–H and O–H groups in total. The number of aromatic nitrogens is 1. The molecule has 2 rings (SSSR count). The van der Waals surface area contributed by atoms with Gasteiger partial charge in [-0.2, -0.15) is 0 Å². The molecule has 1 heterocycles. The van der Waals surface area contributed by atoms with E-state index in [1.807, 2.05) is 0 Å². The summed E-state index contributed by atoms with van der Waals surface area (Å²) in [6.07, 6.45) is 6.05. The van der Waals surface area contributed by atoms with Crippen LogP contribution in [0.5, 0.6) is 0 Å². The molecule has 0 unspecified atom stereocenters. The first-order valence-corrected chi connectivity index (χ1v) is 8.23. The van der Waals surface area contributed by atoms with Crippen molar-refractivity contribution < 1.29 is 14.3 Å². The van der Waals surface area contributed by atoms with Crippen LogP contribution in [-0.2, 0) is 27.3 Å². The van der Waals surface area contributed by atoms with E-state index in [0.717, 1.165) is 44.2 Å². The fraction of sp³-hybridized carbons (Fsp3) is 0.733. The van der Waals surface area contributed by atoms with Crippen LogP contribution in [-0.4, -0.2) is 24.2 Å². The Labute approximate surface area is 124 Å². The molecule has 1 aliphatic carbocycles. The molecule has 4 nitrogen and oxygen atoms in total. The van der Waals surface area contributed by atoms with Crippen molar-refractivity contribution in [3.8, 4) is 0 Å². The maximum atomic E-state index is 11.4. The minimum Gasteiger partial charge on any atom is -0.469 e. The second kappa shape index (κ2) is 7.74. The molecule has 1 saturated carbocycles. The summed E-state index contributed by atoms with van der Waals surface area (Å²) >= 11 is 1.72. The highest BCUT2D eigenvalue weighted by atomic mass is 32.1. The van der Waals surface area contributed by atoms with Crippen LogP contribution < -0.4 is 0 Å². The average molecular weight is 297 g/mol. The molecule has 0 aromatic carbocycles. The summed E-state index contributed by atoms with van der Waals surface area (Å²) in [5.41, 5.74) is 1.04. The first kappa shape index (κ1) is 15.4. The molecule has 1 aliphatic rings. The Morgan fingerprint density at radius 2 is 2.15 bits per heavy atom. The molecule has 0 amide bonds. The second-order valence-corrected chi connectivity index (χ2v) is 6.23. The summed E-state index contributed by atoms with van der Waals surface area (Å²) in [6.45, 7) is 2.76. The van der Waals surface area contributed by atoms with E-state index in [9.17, 15) is 4.79 Å². The molecular weight excluding hydrogens is 274 g/mol. The van der Waals surface area contributed by atoms with Gasteiger partial charge in [0.15, 0.2) is 0 Å². The lowest BCUT2D eigenvalue weighted by molar-refractivity contribution is -0.147. The zero-order valence-corrected chi connectivity index (χ0v) is 13.1. The summed E-state index contributed by atoms with van der Waals surface area (Å²) < 4.78 is 10.7. The Kier molecular flexibility index (Phi) is 5.98. The highest BCUT2D eigenvalue weighted by molar-refractivity contribution is 7.09. The van der Waals surface area contributed by atoms with Gasteiger partial charge in [-0.15, -0.1) is 11.3 Å². The van der Waals surface area contributed by atoms with Gasteiger partial charge in [0.05, 0.1) is 36.4 Å². The zero-order valence-electron chi connectivity index (χ0n) is 12.3. The van der Waals surface area contributed by atoms with Gasteiger partial charge in [0, 0.05) is 5.38 Å². The molecule has 0 saturated heterocycles. The number of carbonyl (C=O) groups is 1. The van der Waals surface area contributed by atoms with Crippen LogP contribution in [0, 0.1) is 5.92 Å². The molecule has 0 radical (unpaired) electrons. The van der Waals surface area contributed by atoms with Crippen molar-refractivity contribution in [1.29, 1.82) is 0 Å². The normalized spacial score (nSPS) is 22.7. The number of esters is 1. The Morgan fingerprint density at radius 1 is 1.40 bits per heavy atom. The van der Waals surface area contributed by atoms with Crippen molar-refractivity contribution in [2.24, 2.45) is 5.92 Å². The molecule has 0 bridgehead atoms. The summed E-state index contributed by atoms with van der Waals surface area (Å²) in [5, 5.41) is 3.28. The van der Waals surface area contributed by atoms with Crippen molar-refractivity contribution in [2.75, 3.05) is 7.11 Å². The Hall–Kier alpha value is -0.940. The van der Waals surface area contributed by atoms with E-state index in [1.54, 1.807) is 11.3 Å². The fourth-order valence-corrected chi connectivity index (χ4v) is 3.46. The summed E-state index contributed by atoms with van der Waals surface area (Å²) in [5.74, 6) is -0.0116. The minimum atomic E-state index is -0.0767. The number of hydrogen-bond acceptors (Lipinski definition) is 5. The van der Waals surface area contributed by atoms with Gasteiger partial charge in [-0.25, -0.2) is 4.98 Å². The summed E-state index contributed by atoms with van der Waals surface area (Å²) in [7, 11) is 1.46.